The van der Waals surface area contributed by atoms with Gasteiger partial charge in [0, 0.05) is 7.11 Å². The average molecular weight is 444 g/mol. The van der Waals surface area contributed by atoms with Crippen LogP contribution in [0.3, 0.4) is 0 Å². The van der Waals surface area contributed by atoms with Gasteiger partial charge in [-0.25, -0.2) is 19.0 Å². The number of aromatic nitrogens is 4. The summed E-state index contributed by atoms with van der Waals surface area (Å²) in [7, 11) is -0.599. The number of anilines is 1. The molecule has 0 atom stereocenters. The van der Waals surface area contributed by atoms with Crippen LogP contribution in [0.25, 0.3) is 0 Å². The number of nitrogens with zero attached hydrogens (tertiary/aromatic N) is 4. The van der Waals surface area contributed by atoms with E-state index >= 15 is 0 Å². The number of methoxy groups -OCH3 is 3. The lowest BCUT2D eigenvalue weighted by atomic mass is 10.4. The smallest absolute Gasteiger partial charge is 0.342 e. The quantitative estimate of drug-likeness (QED) is 0.498. The van der Waals surface area contributed by atoms with Gasteiger partial charge in [0.05, 0.1) is 33.1 Å². The van der Waals surface area contributed by atoms with Gasteiger partial charge in [0.1, 0.15) is 12.3 Å². The van der Waals surface area contributed by atoms with E-state index in [0.717, 1.165) is 10.9 Å². The Labute approximate surface area is 171 Å². The number of carbonyl (C=O) groups excluding carboxylic acids is 2. The predicted molar refractivity (Wildman–Crippen MR) is 99.7 cm³/mol. The van der Waals surface area contributed by atoms with Crippen molar-refractivity contribution in [2.24, 2.45) is 0 Å². The SMILES string of the molecule is CCOC(=O)c1cnn(COC)c1S(=O)(=O)NC(=O)Nc1nc(OC)cc(OC)n1. The first-order valence-electron chi connectivity index (χ1n) is 8.28. The molecule has 2 rings (SSSR count). The van der Waals surface area contributed by atoms with E-state index in [4.69, 9.17) is 18.9 Å². The summed E-state index contributed by atoms with van der Waals surface area (Å²) in [6, 6.07) is 0.152. The van der Waals surface area contributed by atoms with E-state index in [1.165, 1.54) is 27.4 Å². The second-order valence-electron chi connectivity index (χ2n) is 5.34. The Morgan fingerprint density at radius 2 is 1.77 bits per heavy atom. The highest BCUT2D eigenvalue weighted by Crippen LogP contribution is 2.19. The van der Waals surface area contributed by atoms with Crippen LogP contribution in [-0.4, -0.2) is 68.1 Å². The van der Waals surface area contributed by atoms with Crippen molar-refractivity contribution in [3.63, 3.8) is 0 Å². The zero-order valence-electron chi connectivity index (χ0n) is 16.5. The number of ether oxygens (including phenoxy) is 4. The van der Waals surface area contributed by atoms with Gasteiger partial charge in [0.2, 0.25) is 17.7 Å². The van der Waals surface area contributed by atoms with E-state index in [1.807, 2.05) is 0 Å². The first kappa shape index (κ1) is 22.8. The van der Waals surface area contributed by atoms with Crippen LogP contribution >= 0.6 is 0 Å². The van der Waals surface area contributed by atoms with Crippen molar-refractivity contribution in [2.75, 3.05) is 33.3 Å². The molecule has 0 aliphatic rings. The Hall–Kier alpha value is -3.46. The first-order chi connectivity index (χ1) is 14.2. The summed E-state index contributed by atoms with van der Waals surface area (Å²) < 4.78 is 47.8. The number of nitrogens with one attached hydrogen (secondary N) is 2. The fourth-order valence-electron chi connectivity index (χ4n) is 2.19. The predicted octanol–water partition coefficient (Wildman–Crippen LogP) is -0.0187. The molecule has 2 aromatic rings. The fourth-order valence-corrected chi connectivity index (χ4v) is 3.38. The molecule has 0 unspecified atom stereocenters. The fraction of sp³-hybridized carbons (Fsp3) is 0.400. The number of carbonyl (C=O) groups is 2. The van der Waals surface area contributed by atoms with Gasteiger partial charge >= 0.3 is 12.0 Å². The lowest BCUT2D eigenvalue weighted by molar-refractivity contribution is 0.0519. The molecule has 0 radical (unpaired) electrons. The number of hydrogen-bond acceptors (Lipinski definition) is 11. The molecular formula is C15H20N6O8S. The zero-order valence-corrected chi connectivity index (χ0v) is 17.3. The lowest BCUT2D eigenvalue weighted by Gasteiger charge is -2.12. The monoisotopic (exact) mass is 444 g/mol. The van der Waals surface area contributed by atoms with E-state index < -0.39 is 27.0 Å². The van der Waals surface area contributed by atoms with Crippen LogP contribution < -0.4 is 19.5 Å². The van der Waals surface area contributed by atoms with Crippen molar-refractivity contribution in [3.8, 4) is 11.8 Å². The van der Waals surface area contributed by atoms with Crippen LogP contribution in [0.4, 0.5) is 10.7 Å². The Kier molecular flexibility index (Phi) is 7.48. The molecule has 164 valence electrons. The van der Waals surface area contributed by atoms with Crippen molar-refractivity contribution in [2.45, 2.75) is 18.7 Å². The van der Waals surface area contributed by atoms with Crippen LogP contribution in [0.2, 0.25) is 0 Å². The lowest BCUT2D eigenvalue weighted by Crippen LogP contribution is -2.37. The third kappa shape index (κ3) is 5.32. The third-order valence-corrected chi connectivity index (χ3v) is 4.74. The van der Waals surface area contributed by atoms with Gasteiger partial charge in [-0.05, 0) is 6.92 Å². The van der Waals surface area contributed by atoms with Crippen molar-refractivity contribution in [3.05, 3.63) is 17.8 Å². The maximum Gasteiger partial charge on any atom is 0.342 e. The molecule has 2 amide bonds. The van der Waals surface area contributed by atoms with E-state index in [1.54, 1.807) is 11.6 Å². The minimum Gasteiger partial charge on any atom is -0.481 e. The largest absolute Gasteiger partial charge is 0.481 e. The first-order valence-corrected chi connectivity index (χ1v) is 9.76. The van der Waals surface area contributed by atoms with Gasteiger partial charge in [-0.15, -0.1) is 0 Å². The van der Waals surface area contributed by atoms with Crippen molar-refractivity contribution in [1.82, 2.24) is 24.5 Å². The Balaban J connectivity index is 2.31. The van der Waals surface area contributed by atoms with E-state index in [0.29, 0.717) is 0 Å². The minimum atomic E-state index is -4.57. The average Bonchev–Trinajstić information content (AvgIpc) is 3.12. The van der Waals surface area contributed by atoms with Crippen molar-refractivity contribution >= 4 is 28.0 Å². The highest BCUT2D eigenvalue weighted by Gasteiger charge is 2.31. The number of esters is 1. The number of hydrogen-bond donors (Lipinski definition) is 2. The van der Waals surface area contributed by atoms with Gasteiger partial charge in [-0.2, -0.15) is 23.5 Å². The number of rotatable bonds is 9. The summed E-state index contributed by atoms with van der Waals surface area (Å²) in [5.41, 5.74) is -0.367. The van der Waals surface area contributed by atoms with Gasteiger partial charge in [0.25, 0.3) is 10.0 Å². The topological polar surface area (TPSA) is 173 Å². The summed E-state index contributed by atoms with van der Waals surface area (Å²) in [5, 5.41) is 5.33. The van der Waals surface area contributed by atoms with Gasteiger partial charge in [-0.1, -0.05) is 0 Å². The van der Waals surface area contributed by atoms with Crippen LogP contribution in [0.15, 0.2) is 17.3 Å². The normalized spacial score (nSPS) is 10.9. The summed E-state index contributed by atoms with van der Waals surface area (Å²) in [6.07, 6.45) is 1.000. The van der Waals surface area contributed by atoms with Crippen LogP contribution in [0.5, 0.6) is 11.8 Å². The van der Waals surface area contributed by atoms with Crippen LogP contribution in [0, 0.1) is 0 Å². The van der Waals surface area contributed by atoms with Crippen LogP contribution in [-0.2, 0) is 26.2 Å². The van der Waals surface area contributed by atoms with Gasteiger partial charge in [-0.3, -0.25) is 5.32 Å². The van der Waals surface area contributed by atoms with Crippen LogP contribution in [0.1, 0.15) is 17.3 Å². The van der Waals surface area contributed by atoms with E-state index in [-0.39, 0.29) is 36.6 Å². The molecule has 14 nitrogen and oxygen atoms in total. The summed E-state index contributed by atoms with van der Waals surface area (Å²) >= 11 is 0. The third-order valence-electron chi connectivity index (χ3n) is 3.34. The van der Waals surface area contributed by atoms with Gasteiger partial charge < -0.3 is 18.9 Å². The number of urea groups is 1. The molecule has 0 saturated heterocycles. The van der Waals surface area contributed by atoms with Crippen molar-refractivity contribution < 1.29 is 37.0 Å². The second kappa shape index (κ2) is 9.84. The number of amides is 2. The van der Waals surface area contributed by atoms with E-state index in [2.05, 4.69) is 20.4 Å². The zero-order chi connectivity index (χ0) is 22.3. The summed E-state index contributed by atoms with van der Waals surface area (Å²) in [4.78, 5) is 32.1. The van der Waals surface area contributed by atoms with Crippen molar-refractivity contribution in [1.29, 1.82) is 0 Å². The maximum atomic E-state index is 12.8. The molecular weight excluding hydrogens is 424 g/mol. The molecule has 2 aromatic heterocycles. The molecule has 15 heteroatoms. The molecule has 30 heavy (non-hydrogen) atoms. The van der Waals surface area contributed by atoms with E-state index in [9.17, 15) is 18.0 Å². The molecule has 0 aromatic carbocycles. The number of sulfonamides is 1. The molecule has 0 fully saturated rings. The molecule has 0 aliphatic carbocycles. The second-order valence-corrected chi connectivity index (χ2v) is 6.93. The molecule has 0 saturated carbocycles. The summed E-state index contributed by atoms with van der Waals surface area (Å²) in [5.74, 6) is -1.07. The summed E-state index contributed by atoms with van der Waals surface area (Å²) in [6.45, 7) is 1.27. The molecule has 2 heterocycles. The molecule has 2 N–H and O–H groups in total. The maximum absolute atomic E-state index is 12.8. The Morgan fingerprint density at radius 3 is 2.30 bits per heavy atom. The standard InChI is InChI=1S/C15H20N6O8S/c1-5-29-13(22)9-7-16-21(8-26-2)12(9)30(24,25)20-15(23)19-14-17-10(27-3)6-11(18-14)28-4/h6-7H,5,8H2,1-4H3,(H2,17,18,19,20,23). The molecule has 0 spiro atoms. The molecule has 0 bridgehead atoms. The minimum absolute atomic E-state index is 0.0106. The molecule has 0 aliphatic heterocycles. The highest BCUT2D eigenvalue weighted by molar-refractivity contribution is 7.90. The Morgan fingerprint density at radius 1 is 1.13 bits per heavy atom. The van der Waals surface area contributed by atoms with Gasteiger partial charge in [0.15, 0.2) is 5.03 Å². The highest BCUT2D eigenvalue weighted by atomic mass is 32.2. The Bertz CT molecular complexity index is 1000.